The molecule has 0 bridgehead atoms. The zero-order chi connectivity index (χ0) is 33.1. The van der Waals surface area contributed by atoms with Crippen molar-refractivity contribution >= 4 is 49.8 Å². The molecule has 2 aliphatic heterocycles. The van der Waals surface area contributed by atoms with Crippen molar-refractivity contribution in [2.75, 3.05) is 24.7 Å². The molecule has 2 saturated heterocycles. The van der Waals surface area contributed by atoms with Crippen molar-refractivity contribution in [3.63, 3.8) is 0 Å². The molecule has 4 aromatic rings. The quantitative estimate of drug-likeness (QED) is 0.0861. The van der Waals surface area contributed by atoms with Crippen molar-refractivity contribution in [2.24, 2.45) is 0 Å². The number of nitrogens with two attached hydrogens (primary N) is 2. The van der Waals surface area contributed by atoms with Crippen LogP contribution in [0.2, 0.25) is 0 Å². The van der Waals surface area contributed by atoms with Gasteiger partial charge in [-0.2, -0.15) is 10.2 Å². The summed E-state index contributed by atoms with van der Waals surface area (Å²) in [4.78, 5) is 51.0. The lowest BCUT2D eigenvalue weighted by molar-refractivity contribution is -0.0488. The Bertz CT molecular complexity index is 1980. The van der Waals surface area contributed by atoms with E-state index in [0.717, 1.165) is 17.2 Å². The number of nitriles is 1. The third-order valence-electron chi connectivity index (χ3n) is 7.60. The molecule has 0 saturated carbocycles. The van der Waals surface area contributed by atoms with Gasteiger partial charge in [-0.15, -0.1) is 9.42 Å². The molecule has 6 rings (SSSR count). The lowest BCUT2D eigenvalue weighted by Gasteiger charge is -2.27. The van der Waals surface area contributed by atoms with Gasteiger partial charge in [0.25, 0.3) is 5.56 Å². The maximum atomic E-state index is 13.8. The molecule has 10 atom stereocenters. The molecule has 0 amide bonds. The molecule has 6 heterocycles. The molecule has 0 aromatic carbocycles. The van der Waals surface area contributed by atoms with Crippen LogP contribution < -0.4 is 17.0 Å². The normalized spacial score (nSPS) is 29.7. The second-order valence-electron chi connectivity index (χ2n) is 10.2. The van der Waals surface area contributed by atoms with Crippen LogP contribution in [-0.4, -0.2) is 109 Å². The van der Waals surface area contributed by atoms with Gasteiger partial charge < -0.3 is 50.2 Å². The fraction of sp³-hybridized carbons (Fsp3) is 0.455. The lowest BCUT2D eigenvalue weighted by Crippen LogP contribution is -2.37. The van der Waals surface area contributed by atoms with Crippen LogP contribution in [0.4, 0.5) is 11.8 Å². The summed E-state index contributed by atoms with van der Waals surface area (Å²) in [5.74, 6) is -0.343. The van der Waals surface area contributed by atoms with Crippen LogP contribution >= 0.6 is 15.9 Å². The Balaban J connectivity index is 1.30. The molecule has 22 nitrogen and oxygen atoms in total. The number of anilines is 2. The number of rotatable bonds is 9. The predicted octanol–water partition coefficient (Wildman–Crippen LogP) is -2.29. The number of nitrogen functional groups attached to an aromatic ring is 2. The van der Waals surface area contributed by atoms with Crippen LogP contribution in [0.15, 0.2) is 23.6 Å². The average molecular weight is 683 g/mol. The Kier molecular flexibility index (Phi) is 8.34. The zero-order valence-corrected chi connectivity index (χ0v) is 24.8. The highest BCUT2D eigenvalue weighted by molar-refractivity contribution is 7.53. The first-order valence-corrected chi connectivity index (χ1v) is 15.9. The monoisotopic (exact) mass is 683 g/mol. The maximum absolute atomic E-state index is 13.8. The van der Waals surface area contributed by atoms with E-state index >= 15 is 0 Å². The van der Waals surface area contributed by atoms with Crippen molar-refractivity contribution in [3.8, 4) is 6.07 Å². The summed E-state index contributed by atoms with van der Waals surface area (Å²) in [5.41, 5.74) is 8.76. The number of aliphatic hydroxyl groups excluding tert-OH is 3. The molecule has 2 fully saturated rings. The Hall–Kier alpha value is -3.97. The molecule has 0 aliphatic carbocycles. The molecule has 0 radical (unpaired) electrons. The maximum Gasteiger partial charge on any atom is 0.695 e. The minimum Gasteiger partial charge on any atom is -0.394 e. The van der Waals surface area contributed by atoms with Crippen LogP contribution in [0.5, 0.6) is 0 Å². The first-order valence-electron chi connectivity index (χ1n) is 13.2. The zero-order valence-electron chi connectivity index (χ0n) is 23.0. The van der Waals surface area contributed by atoms with Crippen LogP contribution in [0.25, 0.3) is 22.2 Å². The number of nitrogens with one attached hydrogen (secondary N) is 1. The van der Waals surface area contributed by atoms with E-state index in [2.05, 4.69) is 24.9 Å². The minimum absolute atomic E-state index is 0.0270. The number of aromatic amines is 1. The summed E-state index contributed by atoms with van der Waals surface area (Å²) in [6.45, 7) is -1.63. The summed E-state index contributed by atoms with van der Waals surface area (Å²) in [7, 11) is -8.37. The van der Waals surface area contributed by atoms with Crippen LogP contribution in [0.1, 0.15) is 18.0 Å². The second-order valence-corrected chi connectivity index (χ2v) is 12.9. The summed E-state index contributed by atoms with van der Waals surface area (Å²) < 4.78 is 49.6. The van der Waals surface area contributed by atoms with Gasteiger partial charge in [-0.1, -0.05) is 0 Å². The Morgan fingerprint density at radius 2 is 1.87 bits per heavy atom. The highest BCUT2D eigenvalue weighted by Gasteiger charge is 2.56. The van der Waals surface area contributed by atoms with Crippen LogP contribution in [0.3, 0.4) is 0 Å². The fourth-order valence-electron chi connectivity index (χ4n) is 5.56. The standard InChI is InChI=1S/C22H24N10O12P2/c23-1-7-2-31(17-10(7)16(24)26-5-27-17)20-13(35)14(44-45(37)38)9(43-20)4-41-46(39,40)15-12(34)8(3-33)42-21(15)32-6-28-11-18(32)29-22(25)30-19(11)36/h2,5-6,8-9,12-15,20-21,33-35H,3-4H2,(H6-,24,25,26,27,29,30,36,37,38,39,40)/p+1/t8-,9-,12-,13-,14-,15-,20-,21-/m1/s1. The molecule has 0 spiro atoms. The molecular formula is C22H25N10O12P2+. The van der Waals surface area contributed by atoms with E-state index < -0.39 is 83.3 Å². The number of aromatic nitrogens is 7. The number of imidazole rings is 1. The van der Waals surface area contributed by atoms with Gasteiger partial charge in [0.15, 0.2) is 29.7 Å². The van der Waals surface area contributed by atoms with E-state index in [4.69, 9.17) is 30.0 Å². The van der Waals surface area contributed by atoms with Crippen molar-refractivity contribution in [1.82, 2.24) is 34.1 Å². The molecule has 2 aliphatic rings. The number of ether oxygens (including phenoxy) is 2. The summed E-state index contributed by atoms with van der Waals surface area (Å²) in [5, 5.41) is 41.5. The first-order chi connectivity index (χ1) is 21.9. The van der Waals surface area contributed by atoms with Crippen molar-refractivity contribution in [2.45, 2.75) is 48.6 Å². The van der Waals surface area contributed by atoms with E-state index in [1.54, 1.807) is 0 Å². The Labute approximate surface area is 256 Å². The van der Waals surface area contributed by atoms with Gasteiger partial charge in [0.1, 0.15) is 53.9 Å². The van der Waals surface area contributed by atoms with Gasteiger partial charge in [0.05, 0.1) is 30.5 Å². The smallest absolute Gasteiger partial charge is 0.394 e. The van der Waals surface area contributed by atoms with Gasteiger partial charge >= 0.3 is 15.9 Å². The van der Waals surface area contributed by atoms with E-state index in [1.165, 1.54) is 10.8 Å². The summed E-state index contributed by atoms with van der Waals surface area (Å²) >= 11 is 0. The highest BCUT2D eigenvalue weighted by atomic mass is 31.2. The van der Waals surface area contributed by atoms with Gasteiger partial charge in [0, 0.05) is 10.8 Å². The third kappa shape index (κ3) is 5.32. The number of hydrogen-bond donors (Lipinski definition) is 8. The van der Waals surface area contributed by atoms with E-state index in [1.807, 2.05) is 6.07 Å². The third-order valence-corrected chi connectivity index (χ3v) is 9.85. The number of fused-ring (bicyclic) bond motifs is 2. The summed E-state index contributed by atoms with van der Waals surface area (Å²) in [6, 6.07) is 1.92. The number of hydrogen-bond acceptors (Lipinski definition) is 17. The van der Waals surface area contributed by atoms with Gasteiger partial charge in [-0.3, -0.25) is 18.9 Å². The molecule has 46 heavy (non-hydrogen) atoms. The van der Waals surface area contributed by atoms with Gasteiger partial charge in [-0.25, -0.2) is 15.0 Å². The van der Waals surface area contributed by atoms with Gasteiger partial charge in [0.2, 0.25) is 5.95 Å². The van der Waals surface area contributed by atoms with Crippen LogP contribution in [0, 0.1) is 11.3 Å². The number of nitrogens with zero attached hydrogens (tertiary/aromatic N) is 7. The Morgan fingerprint density at radius 1 is 1.13 bits per heavy atom. The van der Waals surface area contributed by atoms with Crippen molar-refractivity contribution in [1.29, 1.82) is 5.26 Å². The SMILES string of the molecule is N#Cc1cn([C@@H]2O[C@H](COP(=O)(O)[C@@H]3[C@H](O)[C@@H](CO)O[C@H]3n3cnc4c(=O)[nH]c(N)nc43)[C@@H](O[P+](=O)O)[C@H]2O)c2ncnc(N)c12. The Morgan fingerprint density at radius 3 is 2.57 bits per heavy atom. The number of H-pyrrole nitrogens is 1. The molecule has 10 N–H and O–H groups in total. The molecule has 4 aromatic heterocycles. The predicted molar refractivity (Wildman–Crippen MR) is 150 cm³/mol. The molecule has 24 heteroatoms. The lowest BCUT2D eigenvalue weighted by atomic mass is 10.1. The molecular weight excluding hydrogens is 658 g/mol. The second kappa shape index (κ2) is 12.0. The topological polar surface area (TPSA) is 342 Å². The van der Waals surface area contributed by atoms with E-state index in [-0.39, 0.29) is 39.5 Å². The first kappa shape index (κ1) is 32.0. The minimum atomic E-state index is -5.04. The fourth-order valence-corrected chi connectivity index (χ4v) is 7.68. The van der Waals surface area contributed by atoms with Crippen molar-refractivity contribution < 1.29 is 52.8 Å². The number of aliphatic hydroxyl groups is 3. The molecule has 2 unspecified atom stereocenters. The van der Waals surface area contributed by atoms with E-state index in [9.17, 15) is 44.3 Å². The highest BCUT2D eigenvalue weighted by Crippen LogP contribution is 2.57. The van der Waals surface area contributed by atoms with Gasteiger partial charge in [-0.05, 0) is 0 Å². The molecule has 244 valence electrons. The van der Waals surface area contributed by atoms with E-state index in [0.29, 0.717) is 0 Å². The summed E-state index contributed by atoms with van der Waals surface area (Å²) in [6.07, 6.45) is -7.58. The van der Waals surface area contributed by atoms with Crippen LogP contribution in [-0.2, 0) is 27.7 Å². The average Bonchev–Trinajstić information content (AvgIpc) is 3.75. The van der Waals surface area contributed by atoms with Crippen molar-refractivity contribution in [3.05, 3.63) is 34.8 Å². The largest absolute Gasteiger partial charge is 0.695 e.